The van der Waals surface area contributed by atoms with Crippen LogP contribution in [0, 0.1) is 5.92 Å². The van der Waals surface area contributed by atoms with Crippen molar-refractivity contribution >= 4 is 23.4 Å². The molecule has 31 heavy (non-hydrogen) atoms. The minimum absolute atomic E-state index is 0.0863. The number of nitrogens with zero attached hydrogens (tertiary/aromatic N) is 1. The number of ether oxygens (including phenoxy) is 1. The van der Waals surface area contributed by atoms with Gasteiger partial charge in [0, 0.05) is 35.7 Å². The van der Waals surface area contributed by atoms with Crippen LogP contribution in [0.25, 0.3) is 0 Å². The Kier molecular flexibility index (Phi) is 5.61. The number of carbonyl (C=O) groups excluding carboxylic acids is 1. The molecule has 1 amide bonds. The van der Waals surface area contributed by atoms with Crippen LogP contribution in [0.5, 0.6) is 5.75 Å². The lowest BCUT2D eigenvalue weighted by Gasteiger charge is -2.32. The highest BCUT2D eigenvalue weighted by Crippen LogP contribution is 2.39. The lowest BCUT2D eigenvalue weighted by atomic mass is 9.96. The summed E-state index contributed by atoms with van der Waals surface area (Å²) in [6.45, 7) is 8.16. The summed E-state index contributed by atoms with van der Waals surface area (Å²) >= 11 is 1.60. The molecule has 1 unspecified atom stereocenters. The van der Waals surface area contributed by atoms with E-state index in [4.69, 9.17) is 4.74 Å². The van der Waals surface area contributed by atoms with E-state index in [1.807, 2.05) is 18.2 Å². The van der Waals surface area contributed by atoms with Crippen LogP contribution in [0.15, 0.2) is 47.4 Å². The van der Waals surface area contributed by atoms with E-state index in [2.05, 4.69) is 53.6 Å². The van der Waals surface area contributed by atoms with E-state index >= 15 is 0 Å². The summed E-state index contributed by atoms with van der Waals surface area (Å²) in [5, 5.41) is 6.27. The van der Waals surface area contributed by atoms with E-state index in [0.29, 0.717) is 5.92 Å². The van der Waals surface area contributed by atoms with Gasteiger partial charge in [-0.15, -0.1) is 0 Å². The summed E-state index contributed by atoms with van der Waals surface area (Å²) in [5.41, 5.74) is 3.59. The van der Waals surface area contributed by atoms with Gasteiger partial charge >= 0.3 is 0 Å². The van der Waals surface area contributed by atoms with Crippen LogP contribution in [0.1, 0.15) is 37.8 Å². The summed E-state index contributed by atoms with van der Waals surface area (Å²) in [6, 6.07) is 14.7. The second-order valence-corrected chi connectivity index (χ2v) is 10.7. The van der Waals surface area contributed by atoms with Gasteiger partial charge in [0.05, 0.1) is 0 Å². The van der Waals surface area contributed by atoms with Crippen LogP contribution in [-0.4, -0.2) is 41.4 Å². The summed E-state index contributed by atoms with van der Waals surface area (Å²) in [5.74, 6) is 1.73. The average Bonchev–Trinajstić information content (AvgIpc) is 3.33. The van der Waals surface area contributed by atoms with Crippen LogP contribution in [0.2, 0.25) is 0 Å². The predicted molar refractivity (Wildman–Crippen MR) is 126 cm³/mol. The molecule has 3 heterocycles. The van der Waals surface area contributed by atoms with Gasteiger partial charge in [-0.25, -0.2) is 0 Å². The minimum atomic E-state index is -0.220. The lowest BCUT2D eigenvalue weighted by molar-refractivity contribution is -0.120. The first kappa shape index (κ1) is 20.7. The minimum Gasteiger partial charge on any atom is -0.487 e. The molecule has 6 heteroatoms. The molecule has 3 aliphatic heterocycles. The normalized spacial score (nSPS) is 22.3. The SMILES string of the molecule is CC1(C)Cc2cccc(CN3CCC(CNC(=O)C4Nc5ccccc5S4)CC3)c2O1. The summed E-state index contributed by atoms with van der Waals surface area (Å²) in [7, 11) is 0. The first-order chi connectivity index (χ1) is 15.0. The molecule has 0 aliphatic carbocycles. The molecule has 0 radical (unpaired) electrons. The molecule has 5 rings (SSSR count). The molecule has 0 aromatic heterocycles. The largest absolute Gasteiger partial charge is 0.487 e. The first-order valence-corrected chi connectivity index (χ1v) is 12.2. The molecule has 2 N–H and O–H groups in total. The quantitative estimate of drug-likeness (QED) is 0.732. The van der Waals surface area contributed by atoms with E-state index in [1.54, 1.807) is 11.8 Å². The molecule has 1 saturated heterocycles. The van der Waals surface area contributed by atoms with Gasteiger partial charge in [-0.1, -0.05) is 42.1 Å². The summed E-state index contributed by atoms with van der Waals surface area (Å²) < 4.78 is 6.24. The van der Waals surface area contributed by atoms with Gasteiger partial charge in [-0.3, -0.25) is 9.69 Å². The number of hydrogen-bond acceptors (Lipinski definition) is 5. The molecule has 0 bridgehead atoms. The third-order valence-corrected chi connectivity index (χ3v) is 7.67. The van der Waals surface area contributed by atoms with E-state index in [-0.39, 0.29) is 16.9 Å². The fourth-order valence-corrected chi connectivity index (χ4v) is 5.88. The lowest BCUT2D eigenvalue weighted by Crippen LogP contribution is -2.41. The highest BCUT2D eigenvalue weighted by atomic mass is 32.2. The number of likely N-dealkylation sites (tertiary alicyclic amines) is 1. The Bertz CT molecular complexity index is 944. The monoisotopic (exact) mass is 437 g/mol. The standard InChI is InChI=1S/C25H31N3O2S/c1-25(2)14-18-6-5-7-19(22(18)30-25)16-28-12-10-17(11-13-28)15-26-23(29)24-27-20-8-3-4-9-21(20)31-24/h3-9,17,24,27H,10-16H2,1-2H3,(H,26,29). The predicted octanol–water partition coefficient (Wildman–Crippen LogP) is 4.27. The summed E-state index contributed by atoms with van der Waals surface area (Å²) in [6.07, 6.45) is 3.22. The molecular weight excluding hydrogens is 406 g/mol. The number of thioether (sulfide) groups is 1. The van der Waals surface area contributed by atoms with Crippen molar-refractivity contribution in [2.45, 2.75) is 55.5 Å². The first-order valence-electron chi connectivity index (χ1n) is 11.3. The number of nitrogens with one attached hydrogen (secondary N) is 2. The number of para-hydroxylation sites is 2. The van der Waals surface area contributed by atoms with Crippen molar-refractivity contribution in [2.75, 3.05) is 25.0 Å². The zero-order valence-electron chi connectivity index (χ0n) is 18.3. The maximum atomic E-state index is 12.6. The van der Waals surface area contributed by atoms with Crippen LogP contribution >= 0.6 is 11.8 Å². The third kappa shape index (κ3) is 4.55. The Hall–Kier alpha value is -2.18. The van der Waals surface area contributed by atoms with Crippen molar-refractivity contribution in [3.63, 3.8) is 0 Å². The second-order valence-electron chi connectivity index (χ2n) is 9.55. The molecule has 2 aromatic carbocycles. The molecule has 3 aliphatic rings. The van der Waals surface area contributed by atoms with E-state index in [9.17, 15) is 4.79 Å². The van der Waals surface area contributed by atoms with E-state index < -0.39 is 0 Å². The third-order valence-electron chi connectivity index (χ3n) is 6.50. The zero-order valence-corrected chi connectivity index (χ0v) is 19.1. The maximum absolute atomic E-state index is 12.6. The van der Waals surface area contributed by atoms with Crippen molar-refractivity contribution in [1.82, 2.24) is 10.2 Å². The number of rotatable bonds is 5. The van der Waals surface area contributed by atoms with Crippen LogP contribution < -0.4 is 15.4 Å². The number of fused-ring (bicyclic) bond motifs is 2. The number of amides is 1. The van der Waals surface area contributed by atoms with Gasteiger partial charge in [0.25, 0.3) is 5.91 Å². The highest BCUT2D eigenvalue weighted by Gasteiger charge is 2.32. The van der Waals surface area contributed by atoms with Crippen molar-refractivity contribution < 1.29 is 9.53 Å². The molecule has 5 nitrogen and oxygen atoms in total. The fraction of sp³-hybridized carbons (Fsp3) is 0.480. The van der Waals surface area contributed by atoms with Crippen molar-refractivity contribution in [3.05, 3.63) is 53.6 Å². The highest BCUT2D eigenvalue weighted by molar-refractivity contribution is 8.01. The van der Waals surface area contributed by atoms with Gasteiger partial charge in [-0.05, 0) is 63.4 Å². The average molecular weight is 438 g/mol. The fourth-order valence-electron chi connectivity index (χ4n) is 4.84. The maximum Gasteiger partial charge on any atom is 0.253 e. The van der Waals surface area contributed by atoms with Crippen molar-refractivity contribution in [3.8, 4) is 5.75 Å². The topological polar surface area (TPSA) is 53.6 Å². The Labute approximate surface area is 188 Å². The van der Waals surface area contributed by atoms with Gasteiger partial charge in [0.2, 0.25) is 0 Å². The van der Waals surface area contributed by atoms with Gasteiger partial charge in [-0.2, -0.15) is 0 Å². The van der Waals surface area contributed by atoms with Gasteiger partial charge in [0.15, 0.2) is 5.37 Å². The Balaban J connectivity index is 1.08. The summed E-state index contributed by atoms with van der Waals surface area (Å²) in [4.78, 5) is 16.3. The molecule has 0 spiro atoms. The number of anilines is 1. The van der Waals surface area contributed by atoms with E-state index in [0.717, 1.165) is 61.8 Å². The molecule has 2 aromatic rings. The van der Waals surface area contributed by atoms with Gasteiger partial charge < -0.3 is 15.4 Å². The Morgan fingerprint density at radius 3 is 2.81 bits per heavy atom. The molecule has 164 valence electrons. The Morgan fingerprint density at radius 2 is 2.00 bits per heavy atom. The molecule has 0 saturated carbocycles. The number of hydrogen-bond donors (Lipinski definition) is 2. The molecule has 1 fully saturated rings. The van der Waals surface area contributed by atoms with E-state index in [1.165, 1.54) is 11.1 Å². The van der Waals surface area contributed by atoms with Crippen LogP contribution in [-0.2, 0) is 17.8 Å². The molecular formula is C25H31N3O2S. The number of carbonyl (C=O) groups is 1. The molecule has 1 atom stereocenters. The number of benzene rings is 2. The number of piperidine rings is 1. The van der Waals surface area contributed by atoms with Gasteiger partial charge in [0.1, 0.15) is 11.4 Å². The second kappa shape index (κ2) is 8.40. The van der Waals surface area contributed by atoms with Crippen LogP contribution in [0.3, 0.4) is 0 Å². The van der Waals surface area contributed by atoms with Crippen molar-refractivity contribution in [1.29, 1.82) is 0 Å². The smallest absolute Gasteiger partial charge is 0.253 e. The van der Waals surface area contributed by atoms with Crippen molar-refractivity contribution in [2.24, 2.45) is 5.92 Å². The zero-order chi connectivity index (χ0) is 21.4. The Morgan fingerprint density at radius 1 is 1.19 bits per heavy atom. The van der Waals surface area contributed by atoms with Crippen LogP contribution in [0.4, 0.5) is 5.69 Å².